The van der Waals surface area contributed by atoms with E-state index in [4.69, 9.17) is 0 Å². The van der Waals surface area contributed by atoms with Crippen LogP contribution in [0.4, 0.5) is 5.82 Å². The number of carbonyl (C=O) groups is 1. The Morgan fingerprint density at radius 3 is 2.90 bits per heavy atom. The number of hydrogen-bond acceptors (Lipinski definition) is 6. The van der Waals surface area contributed by atoms with Crippen LogP contribution >= 0.6 is 22.7 Å². The highest BCUT2D eigenvalue weighted by molar-refractivity contribution is 7.20. The minimum atomic E-state index is -0.915. The van der Waals surface area contributed by atoms with E-state index < -0.39 is 5.97 Å². The van der Waals surface area contributed by atoms with Gasteiger partial charge in [-0.15, -0.1) is 11.3 Å². The topological polar surface area (TPSA) is 66.3 Å². The molecule has 0 saturated heterocycles. The lowest BCUT2D eigenvalue weighted by Crippen LogP contribution is -2.17. The number of aromatic carboxylic acids is 1. The molecule has 0 aromatic carbocycles. The molecule has 0 aliphatic rings. The van der Waals surface area contributed by atoms with E-state index in [0.29, 0.717) is 9.71 Å². The Morgan fingerprint density at radius 2 is 2.24 bits per heavy atom. The molecule has 3 rings (SSSR count). The maximum atomic E-state index is 11.3. The molecule has 3 aromatic heterocycles. The van der Waals surface area contributed by atoms with Crippen LogP contribution in [0.3, 0.4) is 0 Å². The summed E-state index contributed by atoms with van der Waals surface area (Å²) in [5.74, 6) is -0.144. The van der Waals surface area contributed by atoms with Crippen LogP contribution in [0.25, 0.3) is 10.2 Å². The van der Waals surface area contributed by atoms with Gasteiger partial charge in [-0.2, -0.15) is 11.3 Å². The fourth-order valence-electron chi connectivity index (χ4n) is 2.28. The highest BCUT2D eigenvalue weighted by Crippen LogP contribution is 2.34. The van der Waals surface area contributed by atoms with Crippen LogP contribution in [-0.4, -0.2) is 28.1 Å². The maximum absolute atomic E-state index is 11.3. The largest absolute Gasteiger partial charge is 0.477 e. The Bertz CT molecular complexity index is 796. The molecule has 1 N–H and O–H groups in total. The molecule has 0 saturated carbocycles. The predicted octanol–water partition coefficient (Wildman–Crippen LogP) is 3.40. The molecule has 0 radical (unpaired) electrons. The van der Waals surface area contributed by atoms with Crippen LogP contribution in [0.5, 0.6) is 0 Å². The average molecular weight is 319 g/mol. The number of nitrogens with zero attached hydrogens (tertiary/aromatic N) is 3. The summed E-state index contributed by atoms with van der Waals surface area (Å²) >= 11 is 2.85. The predicted molar refractivity (Wildman–Crippen MR) is 85.5 cm³/mol. The fourth-order valence-corrected chi connectivity index (χ4v) is 3.92. The van der Waals surface area contributed by atoms with Gasteiger partial charge in [-0.25, -0.2) is 14.8 Å². The zero-order valence-corrected chi connectivity index (χ0v) is 13.2. The van der Waals surface area contributed by atoms with E-state index in [1.807, 2.05) is 24.3 Å². The third-order valence-electron chi connectivity index (χ3n) is 3.26. The number of anilines is 1. The van der Waals surface area contributed by atoms with Crippen molar-refractivity contribution in [3.63, 3.8) is 0 Å². The van der Waals surface area contributed by atoms with Crippen molar-refractivity contribution < 1.29 is 9.90 Å². The van der Waals surface area contributed by atoms with Gasteiger partial charge in [-0.1, -0.05) is 0 Å². The zero-order valence-electron chi connectivity index (χ0n) is 11.5. The van der Waals surface area contributed by atoms with E-state index in [0.717, 1.165) is 23.3 Å². The van der Waals surface area contributed by atoms with Crippen molar-refractivity contribution in [3.8, 4) is 0 Å². The first-order chi connectivity index (χ1) is 10.1. The number of rotatable bonds is 4. The number of hydrogen-bond donors (Lipinski definition) is 1. The lowest BCUT2D eigenvalue weighted by Gasteiger charge is -2.18. The first kappa shape index (κ1) is 14.0. The molecule has 0 unspecified atom stereocenters. The third kappa shape index (κ3) is 2.50. The summed E-state index contributed by atoms with van der Waals surface area (Å²) in [6.45, 7) is 2.54. The number of thiophene rings is 2. The molecule has 3 heterocycles. The van der Waals surface area contributed by atoms with Crippen LogP contribution < -0.4 is 4.90 Å². The highest BCUT2D eigenvalue weighted by atomic mass is 32.1. The SMILES string of the molecule is Cc1c(C(=O)O)sc2ncnc(N(C)Cc3ccsc3)c12. The van der Waals surface area contributed by atoms with Crippen molar-refractivity contribution in [1.29, 1.82) is 0 Å². The third-order valence-corrected chi connectivity index (χ3v) is 5.18. The minimum absolute atomic E-state index is 0.329. The van der Waals surface area contributed by atoms with Gasteiger partial charge >= 0.3 is 5.97 Å². The van der Waals surface area contributed by atoms with Gasteiger partial charge in [-0.3, -0.25) is 0 Å². The average Bonchev–Trinajstić information content (AvgIpc) is 3.07. The van der Waals surface area contributed by atoms with Crippen LogP contribution in [0.15, 0.2) is 23.2 Å². The number of aromatic nitrogens is 2. The van der Waals surface area contributed by atoms with E-state index in [1.54, 1.807) is 11.3 Å². The van der Waals surface area contributed by atoms with Crippen LogP contribution in [-0.2, 0) is 6.54 Å². The van der Waals surface area contributed by atoms with E-state index in [2.05, 4.69) is 21.4 Å². The smallest absolute Gasteiger partial charge is 0.346 e. The molecule has 5 nitrogen and oxygen atoms in total. The van der Waals surface area contributed by atoms with Crippen LogP contribution in [0, 0.1) is 6.92 Å². The van der Waals surface area contributed by atoms with Gasteiger partial charge in [0.15, 0.2) is 0 Å². The van der Waals surface area contributed by atoms with Crippen molar-refractivity contribution in [2.75, 3.05) is 11.9 Å². The second-order valence-electron chi connectivity index (χ2n) is 4.73. The van der Waals surface area contributed by atoms with E-state index >= 15 is 0 Å². The molecular weight excluding hydrogens is 306 g/mol. The summed E-state index contributed by atoms with van der Waals surface area (Å²) in [5.41, 5.74) is 1.94. The second kappa shape index (κ2) is 5.42. The normalized spacial score (nSPS) is 11.0. The Balaban J connectivity index is 2.07. The van der Waals surface area contributed by atoms with Crippen molar-refractivity contribution >= 4 is 44.7 Å². The highest BCUT2D eigenvalue weighted by Gasteiger charge is 2.20. The summed E-state index contributed by atoms with van der Waals surface area (Å²) in [7, 11) is 1.96. The number of fused-ring (bicyclic) bond motifs is 1. The molecule has 108 valence electrons. The van der Waals surface area contributed by atoms with Gasteiger partial charge in [0.1, 0.15) is 21.9 Å². The standard InChI is InChI=1S/C14H13N3O2S2/c1-8-10-12(17(2)5-9-3-4-20-6-9)15-7-16-13(10)21-11(8)14(18)19/h3-4,6-7H,5H2,1-2H3,(H,18,19). The molecule has 0 amide bonds. The Labute approximate surface area is 129 Å². The number of aryl methyl sites for hydroxylation is 1. The summed E-state index contributed by atoms with van der Waals surface area (Å²) in [6, 6.07) is 2.07. The lowest BCUT2D eigenvalue weighted by atomic mass is 10.2. The van der Waals surface area contributed by atoms with Crippen molar-refractivity contribution in [2.45, 2.75) is 13.5 Å². The van der Waals surface area contributed by atoms with Crippen molar-refractivity contribution in [2.24, 2.45) is 0 Å². The molecule has 0 bridgehead atoms. The van der Waals surface area contributed by atoms with Crippen LogP contribution in [0.1, 0.15) is 20.8 Å². The molecule has 0 aliphatic heterocycles. The maximum Gasteiger partial charge on any atom is 0.346 e. The van der Waals surface area contributed by atoms with Crippen molar-refractivity contribution in [3.05, 3.63) is 39.2 Å². The van der Waals surface area contributed by atoms with Gasteiger partial charge in [0.05, 0.1) is 5.39 Å². The van der Waals surface area contributed by atoms with E-state index in [1.165, 1.54) is 23.2 Å². The number of carboxylic acids is 1. The Morgan fingerprint density at radius 1 is 1.43 bits per heavy atom. The first-order valence-corrected chi connectivity index (χ1v) is 8.03. The molecule has 0 fully saturated rings. The quantitative estimate of drug-likeness (QED) is 0.798. The van der Waals surface area contributed by atoms with Gasteiger partial charge in [-0.05, 0) is 34.9 Å². The van der Waals surface area contributed by atoms with Crippen molar-refractivity contribution in [1.82, 2.24) is 9.97 Å². The van der Waals surface area contributed by atoms with E-state index in [-0.39, 0.29) is 0 Å². The molecule has 7 heteroatoms. The molecule has 0 spiro atoms. The first-order valence-electron chi connectivity index (χ1n) is 6.27. The van der Waals surface area contributed by atoms with E-state index in [9.17, 15) is 9.90 Å². The Kier molecular flexibility index (Phi) is 3.60. The van der Waals surface area contributed by atoms with Gasteiger partial charge in [0, 0.05) is 13.6 Å². The summed E-state index contributed by atoms with van der Waals surface area (Å²) in [6.07, 6.45) is 1.49. The monoisotopic (exact) mass is 319 g/mol. The summed E-state index contributed by atoms with van der Waals surface area (Å²) < 4.78 is 0. The number of carboxylic acid groups (broad SMARTS) is 1. The van der Waals surface area contributed by atoms with Gasteiger partial charge < -0.3 is 10.0 Å². The fraction of sp³-hybridized carbons (Fsp3) is 0.214. The molecule has 0 atom stereocenters. The molecule has 3 aromatic rings. The molecule has 21 heavy (non-hydrogen) atoms. The van der Waals surface area contributed by atoms with Crippen LogP contribution in [0.2, 0.25) is 0 Å². The summed E-state index contributed by atoms with van der Waals surface area (Å²) in [4.78, 5) is 22.9. The molecular formula is C14H13N3O2S2. The Hall–Kier alpha value is -1.99. The summed E-state index contributed by atoms with van der Waals surface area (Å²) in [5, 5.41) is 14.2. The zero-order chi connectivity index (χ0) is 15.0. The van der Waals surface area contributed by atoms with Gasteiger partial charge in [0.25, 0.3) is 0 Å². The van der Waals surface area contributed by atoms with Gasteiger partial charge in [0.2, 0.25) is 0 Å². The minimum Gasteiger partial charge on any atom is -0.477 e. The lowest BCUT2D eigenvalue weighted by molar-refractivity contribution is 0.0701. The second-order valence-corrected chi connectivity index (χ2v) is 6.51. The molecule has 0 aliphatic carbocycles.